The van der Waals surface area contributed by atoms with Crippen molar-refractivity contribution in [2.24, 2.45) is 0 Å². The highest BCUT2D eigenvalue weighted by molar-refractivity contribution is 9.10. The third-order valence-corrected chi connectivity index (χ3v) is 3.94. The van der Waals surface area contributed by atoms with Gasteiger partial charge in [0, 0.05) is 28.3 Å². The summed E-state index contributed by atoms with van der Waals surface area (Å²) in [5, 5.41) is 4.43. The first kappa shape index (κ1) is 12.4. The Hall–Kier alpha value is -1.09. The van der Waals surface area contributed by atoms with Gasteiger partial charge in [0.25, 0.3) is 0 Å². The smallest absolute Gasteiger partial charge is 0.0870 e. The summed E-state index contributed by atoms with van der Waals surface area (Å²) in [4.78, 5) is 4.75. The van der Waals surface area contributed by atoms with E-state index >= 15 is 0 Å². The first-order valence-electron chi connectivity index (χ1n) is 5.93. The zero-order chi connectivity index (χ0) is 12.4. The summed E-state index contributed by atoms with van der Waals surface area (Å²) in [5.41, 5.74) is 4.58. The number of anilines is 1. The fraction of sp³-hybridized carbons (Fsp3) is 0.357. The Morgan fingerprint density at radius 2 is 2.12 bits per heavy atom. The van der Waals surface area contributed by atoms with Crippen LogP contribution in [0.15, 0.2) is 22.7 Å². The highest BCUT2D eigenvalue weighted by Gasteiger charge is 2.09. The van der Waals surface area contributed by atoms with Gasteiger partial charge in [0.2, 0.25) is 0 Å². The lowest BCUT2D eigenvalue weighted by Gasteiger charge is -2.11. The molecule has 17 heavy (non-hydrogen) atoms. The Labute approximate surface area is 111 Å². The van der Waals surface area contributed by atoms with Crippen LogP contribution in [0.1, 0.15) is 24.6 Å². The Morgan fingerprint density at radius 1 is 1.35 bits per heavy atom. The van der Waals surface area contributed by atoms with Crippen molar-refractivity contribution >= 4 is 32.5 Å². The molecular weight excluding hydrogens is 276 g/mol. The SMILES string of the molecule is CCCc1cc(NC)c2ccc(C)c(Br)c2n1. The van der Waals surface area contributed by atoms with Crippen molar-refractivity contribution < 1.29 is 0 Å². The number of benzene rings is 1. The van der Waals surface area contributed by atoms with E-state index in [2.05, 4.69) is 53.3 Å². The molecule has 0 saturated heterocycles. The Balaban J connectivity index is 2.73. The Kier molecular flexibility index (Phi) is 3.67. The van der Waals surface area contributed by atoms with E-state index in [0.29, 0.717) is 0 Å². The number of rotatable bonds is 3. The van der Waals surface area contributed by atoms with Gasteiger partial charge in [-0.2, -0.15) is 0 Å². The van der Waals surface area contributed by atoms with E-state index in [0.717, 1.165) is 34.2 Å². The fourth-order valence-corrected chi connectivity index (χ4v) is 2.44. The van der Waals surface area contributed by atoms with Gasteiger partial charge in [0.05, 0.1) is 5.52 Å². The predicted octanol–water partition coefficient (Wildman–Crippen LogP) is 4.30. The van der Waals surface area contributed by atoms with E-state index in [9.17, 15) is 0 Å². The molecule has 0 aliphatic heterocycles. The molecule has 0 saturated carbocycles. The first-order valence-corrected chi connectivity index (χ1v) is 6.73. The summed E-state index contributed by atoms with van der Waals surface area (Å²) < 4.78 is 1.10. The van der Waals surface area contributed by atoms with E-state index in [1.165, 1.54) is 10.9 Å². The number of pyridine rings is 1. The fourth-order valence-electron chi connectivity index (χ4n) is 2.00. The minimum absolute atomic E-state index is 1.02. The number of fused-ring (bicyclic) bond motifs is 1. The molecule has 1 aromatic heterocycles. The van der Waals surface area contributed by atoms with Crippen LogP contribution in [0.2, 0.25) is 0 Å². The molecule has 3 heteroatoms. The number of nitrogens with zero attached hydrogens (tertiary/aromatic N) is 1. The lowest BCUT2D eigenvalue weighted by Crippen LogP contribution is -1.97. The van der Waals surface area contributed by atoms with Crippen molar-refractivity contribution in [1.82, 2.24) is 4.98 Å². The van der Waals surface area contributed by atoms with Gasteiger partial charge in [0.1, 0.15) is 0 Å². The molecule has 2 nitrogen and oxygen atoms in total. The van der Waals surface area contributed by atoms with Crippen LogP contribution in [0.5, 0.6) is 0 Å². The quantitative estimate of drug-likeness (QED) is 0.912. The van der Waals surface area contributed by atoms with Crippen molar-refractivity contribution in [3.05, 3.63) is 33.9 Å². The third kappa shape index (κ3) is 2.29. The maximum absolute atomic E-state index is 4.75. The molecular formula is C14H17BrN2. The molecule has 0 amide bonds. The molecule has 1 heterocycles. The molecule has 0 aliphatic rings. The maximum atomic E-state index is 4.75. The maximum Gasteiger partial charge on any atom is 0.0870 e. The molecule has 0 fully saturated rings. The molecule has 0 spiro atoms. The lowest BCUT2D eigenvalue weighted by atomic mass is 10.1. The molecule has 0 radical (unpaired) electrons. The third-order valence-electron chi connectivity index (χ3n) is 2.94. The van der Waals surface area contributed by atoms with Crippen molar-refractivity contribution in [2.75, 3.05) is 12.4 Å². The number of aryl methyl sites for hydroxylation is 2. The van der Waals surface area contributed by atoms with Crippen LogP contribution in [-0.2, 0) is 6.42 Å². The second-order valence-corrected chi connectivity index (χ2v) is 5.05. The van der Waals surface area contributed by atoms with Gasteiger partial charge in [-0.1, -0.05) is 25.5 Å². The van der Waals surface area contributed by atoms with Gasteiger partial charge < -0.3 is 5.32 Å². The zero-order valence-corrected chi connectivity index (χ0v) is 12.1. The van der Waals surface area contributed by atoms with Crippen molar-refractivity contribution in [2.45, 2.75) is 26.7 Å². The van der Waals surface area contributed by atoms with Gasteiger partial charge in [0.15, 0.2) is 0 Å². The van der Waals surface area contributed by atoms with Crippen LogP contribution in [0, 0.1) is 6.92 Å². The van der Waals surface area contributed by atoms with E-state index in [1.807, 2.05) is 7.05 Å². The number of hydrogen-bond donors (Lipinski definition) is 1. The number of halogens is 1. The zero-order valence-electron chi connectivity index (χ0n) is 10.5. The minimum Gasteiger partial charge on any atom is -0.388 e. The largest absolute Gasteiger partial charge is 0.388 e. The summed E-state index contributed by atoms with van der Waals surface area (Å²) in [6.07, 6.45) is 2.14. The highest BCUT2D eigenvalue weighted by Crippen LogP contribution is 2.31. The van der Waals surface area contributed by atoms with Crippen molar-refractivity contribution in [3.63, 3.8) is 0 Å². The average Bonchev–Trinajstić information content (AvgIpc) is 2.34. The van der Waals surface area contributed by atoms with E-state index in [1.54, 1.807) is 0 Å². The summed E-state index contributed by atoms with van der Waals surface area (Å²) in [7, 11) is 1.96. The summed E-state index contributed by atoms with van der Waals surface area (Å²) in [5.74, 6) is 0. The standard InChI is InChI=1S/C14H17BrN2/c1-4-5-10-8-12(16-3)11-7-6-9(2)13(15)14(11)17-10/h6-8H,4-5H2,1-3H3,(H,16,17). The Morgan fingerprint density at radius 3 is 2.76 bits per heavy atom. The van der Waals surface area contributed by atoms with Gasteiger partial charge in [-0.05, 0) is 40.9 Å². The molecule has 2 aromatic rings. The molecule has 1 aromatic carbocycles. The van der Waals surface area contributed by atoms with E-state index in [4.69, 9.17) is 4.98 Å². The molecule has 0 atom stereocenters. The first-order chi connectivity index (χ1) is 8.17. The van der Waals surface area contributed by atoms with Crippen LogP contribution in [0.4, 0.5) is 5.69 Å². The monoisotopic (exact) mass is 292 g/mol. The molecule has 1 N–H and O–H groups in total. The van der Waals surface area contributed by atoms with Crippen LogP contribution in [-0.4, -0.2) is 12.0 Å². The molecule has 2 rings (SSSR count). The van der Waals surface area contributed by atoms with E-state index < -0.39 is 0 Å². The normalized spacial score (nSPS) is 10.8. The van der Waals surface area contributed by atoms with E-state index in [-0.39, 0.29) is 0 Å². The lowest BCUT2D eigenvalue weighted by molar-refractivity contribution is 0.890. The predicted molar refractivity (Wildman–Crippen MR) is 77.7 cm³/mol. The molecule has 0 aliphatic carbocycles. The van der Waals surface area contributed by atoms with Crippen LogP contribution in [0.3, 0.4) is 0 Å². The average molecular weight is 293 g/mol. The second kappa shape index (κ2) is 5.05. The summed E-state index contributed by atoms with van der Waals surface area (Å²) in [6.45, 7) is 4.27. The highest BCUT2D eigenvalue weighted by atomic mass is 79.9. The summed E-state index contributed by atoms with van der Waals surface area (Å²) in [6, 6.07) is 6.39. The van der Waals surface area contributed by atoms with Gasteiger partial charge >= 0.3 is 0 Å². The number of aromatic nitrogens is 1. The van der Waals surface area contributed by atoms with Gasteiger partial charge in [-0.3, -0.25) is 4.98 Å². The molecule has 0 unspecified atom stereocenters. The van der Waals surface area contributed by atoms with Crippen LogP contribution < -0.4 is 5.32 Å². The number of nitrogens with one attached hydrogen (secondary N) is 1. The molecule has 0 bridgehead atoms. The van der Waals surface area contributed by atoms with Crippen molar-refractivity contribution in [1.29, 1.82) is 0 Å². The van der Waals surface area contributed by atoms with Gasteiger partial charge in [-0.15, -0.1) is 0 Å². The Bertz CT molecular complexity index is 549. The van der Waals surface area contributed by atoms with Crippen LogP contribution >= 0.6 is 15.9 Å². The minimum atomic E-state index is 1.02. The van der Waals surface area contributed by atoms with Crippen LogP contribution in [0.25, 0.3) is 10.9 Å². The van der Waals surface area contributed by atoms with Gasteiger partial charge in [-0.25, -0.2) is 0 Å². The number of hydrogen-bond acceptors (Lipinski definition) is 2. The molecule has 90 valence electrons. The van der Waals surface area contributed by atoms with Crippen molar-refractivity contribution in [3.8, 4) is 0 Å². The summed E-state index contributed by atoms with van der Waals surface area (Å²) >= 11 is 3.64. The second-order valence-electron chi connectivity index (χ2n) is 4.25. The topological polar surface area (TPSA) is 24.9 Å².